The quantitative estimate of drug-likeness (QED) is 0.401. The summed E-state index contributed by atoms with van der Waals surface area (Å²) in [7, 11) is -3.74. The second-order valence-corrected chi connectivity index (χ2v) is 8.78. The Labute approximate surface area is 172 Å². The molecular weight excluding hydrogens is 425 g/mol. The molecule has 1 saturated carbocycles. The van der Waals surface area contributed by atoms with Crippen molar-refractivity contribution in [2.45, 2.75) is 39.0 Å². The Morgan fingerprint density at radius 2 is 1.86 bits per heavy atom. The first kappa shape index (κ1) is 22.4. The summed E-state index contributed by atoms with van der Waals surface area (Å²) in [5, 5.41) is 21.3. The van der Waals surface area contributed by atoms with E-state index in [0.717, 1.165) is 0 Å². The molecule has 3 rings (SSSR count). The number of hydrogen-bond acceptors (Lipinski definition) is 10. The number of hydrogen-bond donors (Lipinski definition) is 3. The van der Waals surface area contributed by atoms with Crippen molar-refractivity contribution in [3.8, 4) is 0 Å². The van der Waals surface area contributed by atoms with Crippen LogP contribution in [-0.4, -0.2) is 61.8 Å². The molecule has 0 saturated heterocycles. The number of fused-ring (bicyclic) bond motifs is 1. The van der Waals surface area contributed by atoms with Crippen LogP contribution >= 0.6 is 19.4 Å². The molecule has 0 spiro atoms. The molecule has 29 heavy (non-hydrogen) atoms. The molecule has 5 atom stereocenters. The summed E-state index contributed by atoms with van der Waals surface area (Å²) >= 11 is 5.91. The predicted molar refractivity (Wildman–Crippen MR) is 105 cm³/mol. The number of aromatic nitrogens is 4. The Kier molecular flexibility index (Phi) is 6.79. The summed E-state index contributed by atoms with van der Waals surface area (Å²) in [6.07, 6.45) is -0.819. The monoisotopic (exact) mass is 449 g/mol. The lowest BCUT2D eigenvalue weighted by Gasteiger charge is -2.24. The number of phosphoric acid groups is 1. The maximum Gasteiger partial charge on any atom is 0.474 e. The Morgan fingerprint density at radius 1 is 1.21 bits per heavy atom. The van der Waals surface area contributed by atoms with E-state index < -0.39 is 32.0 Å². The van der Waals surface area contributed by atoms with E-state index in [9.17, 15) is 14.8 Å². The third kappa shape index (κ3) is 4.27. The standard InChI is InChI=1S/C16H25ClN5O6P/c1-4-26-29(25,27-5-2)28-6-9-8(3)11(13(24)12(9)23)22-7-19-10-14(18)20-16(17)21-15(10)22/h7-9,11-13,23-24H,4-6H2,1-3H3,(H2,18,20,21)/t8-,9-,11+,12+,13-/m0/s1. The lowest BCUT2D eigenvalue weighted by atomic mass is 9.95. The largest absolute Gasteiger partial charge is 0.474 e. The lowest BCUT2D eigenvalue weighted by molar-refractivity contribution is -0.00662. The van der Waals surface area contributed by atoms with E-state index in [0.29, 0.717) is 11.2 Å². The second-order valence-electron chi connectivity index (χ2n) is 6.78. The average molecular weight is 450 g/mol. The van der Waals surface area contributed by atoms with E-state index in [4.69, 9.17) is 30.9 Å². The van der Waals surface area contributed by atoms with Crippen LogP contribution in [0.3, 0.4) is 0 Å². The molecule has 0 aromatic carbocycles. The van der Waals surface area contributed by atoms with Gasteiger partial charge >= 0.3 is 7.82 Å². The third-order valence-electron chi connectivity index (χ3n) is 5.09. The van der Waals surface area contributed by atoms with Gasteiger partial charge in [0.05, 0.1) is 38.3 Å². The number of nitrogens with two attached hydrogens (primary N) is 1. The second kappa shape index (κ2) is 8.81. The van der Waals surface area contributed by atoms with Gasteiger partial charge in [-0.2, -0.15) is 9.97 Å². The van der Waals surface area contributed by atoms with Crippen LogP contribution in [0, 0.1) is 11.8 Å². The van der Waals surface area contributed by atoms with Crippen LogP contribution in [0.5, 0.6) is 0 Å². The van der Waals surface area contributed by atoms with Crippen LogP contribution < -0.4 is 5.73 Å². The molecule has 2 heterocycles. The number of rotatable bonds is 8. The van der Waals surface area contributed by atoms with Gasteiger partial charge in [0, 0.05) is 5.92 Å². The van der Waals surface area contributed by atoms with Crippen molar-refractivity contribution in [3.63, 3.8) is 0 Å². The van der Waals surface area contributed by atoms with Gasteiger partial charge in [-0.15, -0.1) is 0 Å². The molecule has 0 aliphatic heterocycles. The minimum atomic E-state index is -3.74. The van der Waals surface area contributed by atoms with Gasteiger partial charge in [-0.05, 0) is 31.4 Å². The highest BCUT2D eigenvalue weighted by atomic mass is 35.5. The molecule has 1 aliphatic rings. The summed E-state index contributed by atoms with van der Waals surface area (Å²) in [6, 6.07) is -0.590. The third-order valence-corrected chi connectivity index (χ3v) is 6.88. The normalized spacial score (nSPS) is 27.7. The fourth-order valence-electron chi connectivity index (χ4n) is 3.73. The molecule has 2 aromatic heterocycles. The van der Waals surface area contributed by atoms with Gasteiger partial charge in [0.25, 0.3) is 0 Å². The topological polar surface area (TPSA) is 155 Å². The number of imidazole rings is 1. The van der Waals surface area contributed by atoms with Gasteiger partial charge in [0.2, 0.25) is 5.28 Å². The summed E-state index contributed by atoms with van der Waals surface area (Å²) in [5.74, 6) is -0.728. The molecule has 0 bridgehead atoms. The molecule has 11 nitrogen and oxygen atoms in total. The number of phosphoric ester groups is 1. The fourth-order valence-corrected chi connectivity index (χ4v) is 5.12. The Morgan fingerprint density at radius 3 is 2.48 bits per heavy atom. The van der Waals surface area contributed by atoms with Crippen LogP contribution in [0.1, 0.15) is 26.8 Å². The van der Waals surface area contributed by atoms with E-state index in [2.05, 4.69) is 15.0 Å². The Bertz CT molecular complexity index is 903. The molecular formula is C16H25ClN5O6P. The summed E-state index contributed by atoms with van der Waals surface area (Å²) in [4.78, 5) is 12.2. The van der Waals surface area contributed by atoms with Crippen LogP contribution in [-0.2, 0) is 18.1 Å². The van der Waals surface area contributed by atoms with Crippen molar-refractivity contribution in [2.24, 2.45) is 11.8 Å². The number of nitrogen functional groups attached to an aromatic ring is 1. The molecule has 0 unspecified atom stereocenters. The van der Waals surface area contributed by atoms with Gasteiger partial charge in [0.1, 0.15) is 11.6 Å². The molecule has 0 amide bonds. The number of halogens is 1. The van der Waals surface area contributed by atoms with Crippen molar-refractivity contribution in [2.75, 3.05) is 25.6 Å². The fraction of sp³-hybridized carbons (Fsp3) is 0.688. The van der Waals surface area contributed by atoms with E-state index in [-0.39, 0.29) is 36.8 Å². The maximum atomic E-state index is 12.6. The number of aliphatic hydroxyl groups is 2. The average Bonchev–Trinajstić information content (AvgIpc) is 3.14. The van der Waals surface area contributed by atoms with Crippen LogP contribution in [0.4, 0.5) is 5.82 Å². The van der Waals surface area contributed by atoms with E-state index in [1.807, 2.05) is 6.92 Å². The zero-order valence-corrected chi connectivity index (χ0v) is 18.0. The molecule has 162 valence electrons. The van der Waals surface area contributed by atoms with E-state index in [1.165, 1.54) is 6.33 Å². The summed E-state index contributed by atoms with van der Waals surface area (Å²) in [6.45, 7) is 5.35. The zero-order valence-electron chi connectivity index (χ0n) is 16.3. The van der Waals surface area contributed by atoms with E-state index >= 15 is 0 Å². The smallest absolute Gasteiger partial charge is 0.390 e. The molecule has 1 fully saturated rings. The number of anilines is 1. The first-order chi connectivity index (χ1) is 13.7. The van der Waals surface area contributed by atoms with E-state index in [1.54, 1.807) is 18.4 Å². The van der Waals surface area contributed by atoms with Crippen molar-refractivity contribution >= 4 is 36.4 Å². The zero-order chi connectivity index (χ0) is 21.3. The predicted octanol–water partition coefficient (Wildman–Crippen LogP) is 1.79. The minimum Gasteiger partial charge on any atom is -0.390 e. The molecule has 1 aliphatic carbocycles. The van der Waals surface area contributed by atoms with Crippen LogP contribution in [0.25, 0.3) is 11.2 Å². The van der Waals surface area contributed by atoms with Crippen LogP contribution in [0.15, 0.2) is 6.33 Å². The van der Waals surface area contributed by atoms with Crippen molar-refractivity contribution < 1.29 is 28.3 Å². The summed E-state index contributed by atoms with van der Waals surface area (Å²) in [5.41, 5.74) is 6.54. The number of aliphatic hydroxyl groups excluding tert-OH is 2. The van der Waals surface area contributed by atoms with Crippen molar-refractivity contribution in [3.05, 3.63) is 11.6 Å². The maximum absolute atomic E-state index is 12.6. The Hall–Kier alpha value is -1.33. The highest BCUT2D eigenvalue weighted by molar-refractivity contribution is 7.48. The first-order valence-electron chi connectivity index (χ1n) is 9.27. The minimum absolute atomic E-state index is 0.0494. The number of nitrogens with zero attached hydrogens (tertiary/aromatic N) is 4. The van der Waals surface area contributed by atoms with Crippen molar-refractivity contribution in [1.29, 1.82) is 0 Å². The van der Waals surface area contributed by atoms with Gasteiger partial charge in [-0.1, -0.05) is 6.92 Å². The lowest BCUT2D eigenvalue weighted by Crippen LogP contribution is -2.30. The SMILES string of the molecule is CCOP(=O)(OCC)OC[C@H]1[C@H](C)[C@@H](n2cnc3c(N)nc(Cl)nc32)[C@H](O)[C@@H]1O. The van der Waals surface area contributed by atoms with Crippen LogP contribution in [0.2, 0.25) is 5.28 Å². The molecule has 0 radical (unpaired) electrons. The highest BCUT2D eigenvalue weighted by Gasteiger charge is 2.49. The van der Waals surface area contributed by atoms with Crippen molar-refractivity contribution in [1.82, 2.24) is 19.5 Å². The summed E-state index contributed by atoms with van der Waals surface area (Å²) < 4.78 is 29.8. The van der Waals surface area contributed by atoms with Gasteiger partial charge < -0.3 is 20.5 Å². The molecule has 13 heteroatoms. The highest BCUT2D eigenvalue weighted by Crippen LogP contribution is 2.51. The molecule has 2 aromatic rings. The molecule has 4 N–H and O–H groups in total. The van der Waals surface area contributed by atoms with Gasteiger partial charge in [-0.25, -0.2) is 9.55 Å². The Balaban J connectivity index is 1.86. The van der Waals surface area contributed by atoms with Gasteiger partial charge in [-0.3, -0.25) is 13.6 Å². The van der Waals surface area contributed by atoms with Gasteiger partial charge in [0.15, 0.2) is 11.5 Å². The first-order valence-corrected chi connectivity index (χ1v) is 11.1.